The zero-order valence-corrected chi connectivity index (χ0v) is 28.4. The van der Waals surface area contributed by atoms with E-state index < -0.39 is 46.0 Å². The highest BCUT2D eigenvalue weighted by Gasteiger charge is 2.44. The molecule has 3 fully saturated rings. The SMILES string of the molecule is CN1CCCN(C2CCN(C(=O)[C@@H](Cc3cc(Cl)c(O)c(C(F)(F)F)c3)OC(=O)N3CCC4(CC3)CC(=O)Nc3ccccc34)CC2)CC1. The number of benzene rings is 2. The molecule has 4 aliphatic heterocycles. The summed E-state index contributed by atoms with van der Waals surface area (Å²) in [6.45, 7) is 5.37. The molecule has 10 nitrogen and oxygen atoms in total. The Hall–Kier alpha value is -3.55. The number of carbonyl (C=O) groups excluding carboxylic acids is 3. The van der Waals surface area contributed by atoms with Gasteiger partial charge < -0.3 is 29.9 Å². The number of likely N-dealkylation sites (N-methyl/N-ethyl adjacent to an activating group) is 1. The van der Waals surface area contributed by atoms with E-state index in [1.807, 2.05) is 24.3 Å². The number of phenolic OH excluding ortho intramolecular Hbond substituents is 1. The Balaban J connectivity index is 1.17. The molecule has 0 aliphatic carbocycles. The molecule has 49 heavy (non-hydrogen) atoms. The van der Waals surface area contributed by atoms with Gasteiger partial charge in [0.1, 0.15) is 5.75 Å². The molecule has 0 aromatic heterocycles. The molecule has 0 radical (unpaired) electrons. The molecule has 0 bridgehead atoms. The molecular weight excluding hydrogens is 663 g/mol. The summed E-state index contributed by atoms with van der Waals surface area (Å²) in [6, 6.07) is 9.85. The zero-order chi connectivity index (χ0) is 34.9. The molecule has 1 spiro atoms. The first-order valence-corrected chi connectivity index (χ1v) is 17.4. The third kappa shape index (κ3) is 7.78. The average Bonchev–Trinajstić information content (AvgIpc) is 3.29. The minimum Gasteiger partial charge on any atom is -0.506 e. The summed E-state index contributed by atoms with van der Waals surface area (Å²) in [7, 11) is 2.11. The average molecular weight is 706 g/mol. The Bertz CT molecular complexity index is 1560. The van der Waals surface area contributed by atoms with Gasteiger partial charge in [0.25, 0.3) is 5.91 Å². The number of fused-ring (bicyclic) bond motifs is 2. The van der Waals surface area contributed by atoms with Crippen LogP contribution in [-0.2, 0) is 32.3 Å². The van der Waals surface area contributed by atoms with Gasteiger partial charge in [-0.2, -0.15) is 13.2 Å². The fourth-order valence-corrected chi connectivity index (χ4v) is 8.12. The quantitative estimate of drug-likeness (QED) is 0.445. The number of hydrogen-bond donors (Lipinski definition) is 2. The second-order valence-corrected chi connectivity index (χ2v) is 14.2. The third-order valence-corrected chi connectivity index (χ3v) is 11.0. The van der Waals surface area contributed by atoms with Crippen molar-refractivity contribution in [1.82, 2.24) is 19.6 Å². The zero-order valence-electron chi connectivity index (χ0n) is 27.6. The summed E-state index contributed by atoms with van der Waals surface area (Å²) in [5, 5.41) is 12.4. The number of ether oxygens (including phenoxy) is 1. The molecule has 3 amide bonds. The lowest BCUT2D eigenvalue weighted by atomic mass is 9.68. The third-order valence-electron chi connectivity index (χ3n) is 10.7. The molecule has 266 valence electrons. The lowest BCUT2D eigenvalue weighted by Crippen LogP contribution is -2.52. The van der Waals surface area contributed by atoms with Crippen molar-refractivity contribution < 1.29 is 37.4 Å². The van der Waals surface area contributed by atoms with Gasteiger partial charge in [-0.1, -0.05) is 29.8 Å². The number of aromatic hydroxyl groups is 1. The summed E-state index contributed by atoms with van der Waals surface area (Å²) in [5.74, 6) is -1.66. The lowest BCUT2D eigenvalue weighted by molar-refractivity contribution is -0.142. The summed E-state index contributed by atoms with van der Waals surface area (Å²) < 4.78 is 47.1. The van der Waals surface area contributed by atoms with Gasteiger partial charge in [-0.05, 0) is 81.6 Å². The molecule has 1 atom stereocenters. The van der Waals surface area contributed by atoms with Gasteiger partial charge in [-0.3, -0.25) is 14.5 Å². The van der Waals surface area contributed by atoms with E-state index in [1.165, 1.54) is 11.0 Å². The van der Waals surface area contributed by atoms with Crippen LogP contribution in [0.25, 0.3) is 0 Å². The van der Waals surface area contributed by atoms with Crippen molar-refractivity contribution in [2.24, 2.45) is 0 Å². The van der Waals surface area contributed by atoms with Crippen molar-refractivity contribution >= 4 is 35.2 Å². The number of phenols is 1. The highest BCUT2D eigenvalue weighted by atomic mass is 35.5. The largest absolute Gasteiger partial charge is 0.506 e. The molecule has 4 heterocycles. The molecule has 14 heteroatoms. The van der Waals surface area contributed by atoms with Crippen LogP contribution < -0.4 is 5.32 Å². The molecule has 2 N–H and O–H groups in total. The van der Waals surface area contributed by atoms with Crippen molar-refractivity contribution in [3.8, 4) is 5.75 Å². The smallest absolute Gasteiger partial charge is 0.420 e. The first-order valence-electron chi connectivity index (χ1n) is 17.0. The number of hydrogen-bond acceptors (Lipinski definition) is 7. The summed E-state index contributed by atoms with van der Waals surface area (Å²) >= 11 is 5.99. The number of anilines is 1. The number of nitrogens with one attached hydrogen (secondary N) is 1. The normalized spacial score (nSPS) is 21.5. The van der Waals surface area contributed by atoms with E-state index in [0.29, 0.717) is 38.4 Å². The van der Waals surface area contributed by atoms with Gasteiger partial charge in [0.2, 0.25) is 5.91 Å². The predicted octanol–water partition coefficient (Wildman–Crippen LogP) is 5.12. The van der Waals surface area contributed by atoms with Crippen LogP contribution in [0.3, 0.4) is 0 Å². The number of alkyl halides is 3. The maximum atomic E-state index is 14.0. The second kappa shape index (κ2) is 14.4. The van der Waals surface area contributed by atoms with Gasteiger partial charge in [-0.15, -0.1) is 0 Å². The molecule has 6 rings (SSSR count). The molecule has 0 unspecified atom stereocenters. The van der Waals surface area contributed by atoms with Crippen LogP contribution in [0, 0.1) is 0 Å². The predicted molar refractivity (Wildman–Crippen MR) is 178 cm³/mol. The first kappa shape index (κ1) is 35.3. The fourth-order valence-electron chi connectivity index (χ4n) is 7.88. The summed E-state index contributed by atoms with van der Waals surface area (Å²) in [6.07, 6.45) is -3.53. The van der Waals surface area contributed by atoms with Crippen LogP contribution in [0.4, 0.5) is 23.7 Å². The number of rotatable bonds is 5. The van der Waals surface area contributed by atoms with Crippen molar-refractivity contribution in [3.63, 3.8) is 0 Å². The van der Waals surface area contributed by atoms with Gasteiger partial charge >= 0.3 is 12.3 Å². The standard InChI is InChI=1S/C35H43ClF3N5O5/c1-41-11-4-12-42(18-17-41)24-7-13-43(14-8-24)32(47)29(21-23-19-26(35(37,38)39)31(46)27(36)20-23)49-33(48)44-15-9-34(10-16-44)22-30(45)40-28-6-3-2-5-25(28)34/h2-3,5-6,19-20,24,29,46H,4,7-18,21-22H2,1H3,(H,40,45)/t29-/m1/s1. The van der Waals surface area contributed by atoms with Crippen molar-refractivity contribution in [2.75, 3.05) is 64.7 Å². The van der Waals surface area contributed by atoms with Gasteiger partial charge in [0.05, 0.1) is 10.6 Å². The van der Waals surface area contributed by atoms with E-state index >= 15 is 0 Å². The van der Waals surface area contributed by atoms with E-state index in [1.54, 1.807) is 4.90 Å². The number of nitrogens with zero attached hydrogens (tertiary/aromatic N) is 4. The summed E-state index contributed by atoms with van der Waals surface area (Å²) in [5.41, 5.74) is 0.0328. The lowest BCUT2D eigenvalue weighted by Gasteiger charge is -2.44. The van der Waals surface area contributed by atoms with Crippen LogP contribution in [0.2, 0.25) is 5.02 Å². The van der Waals surface area contributed by atoms with Gasteiger partial charge in [0.15, 0.2) is 6.10 Å². The van der Waals surface area contributed by atoms with Crippen LogP contribution in [-0.4, -0.2) is 114 Å². The highest BCUT2D eigenvalue weighted by molar-refractivity contribution is 6.32. The fraction of sp³-hybridized carbons (Fsp3) is 0.571. The topological polar surface area (TPSA) is 106 Å². The van der Waals surface area contributed by atoms with Crippen LogP contribution in [0.1, 0.15) is 55.2 Å². The number of piperidine rings is 2. The Morgan fingerprint density at radius 3 is 2.45 bits per heavy atom. The van der Waals surface area contributed by atoms with E-state index in [2.05, 4.69) is 22.2 Å². The Morgan fingerprint density at radius 1 is 1.02 bits per heavy atom. The maximum Gasteiger partial charge on any atom is 0.420 e. The van der Waals surface area contributed by atoms with E-state index in [0.717, 1.165) is 62.8 Å². The number of amides is 3. The van der Waals surface area contributed by atoms with Crippen LogP contribution in [0.5, 0.6) is 5.75 Å². The van der Waals surface area contributed by atoms with Crippen LogP contribution in [0.15, 0.2) is 36.4 Å². The van der Waals surface area contributed by atoms with Gasteiger partial charge in [-0.25, -0.2) is 4.79 Å². The van der Waals surface area contributed by atoms with Crippen molar-refractivity contribution in [1.29, 1.82) is 0 Å². The number of halogens is 4. The minimum absolute atomic E-state index is 0.00673. The van der Waals surface area contributed by atoms with Crippen LogP contribution >= 0.6 is 11.6 Å². The molecule has 2 aromatic rings. The first-order chi connectivity index (χ1) is 23.3. The highest BCUT2D eigenvalue weighted by Crippen LogP contribution is 2.45. The molecule has 4 aliphatic rings. The van der Waals surface area contributed by atoms with Crippen molar-refractivity contribution in [2.45, 2.75) is 68.7 Å². The number of carbonyl (C=O) groups is 3. The molecular formula is C35H43ClF3N5O5. The van der Waals surface area contributed by atoms with E-state index in [-0.39, 0.29) is 31.0 Å². The second-order valence-electron chi connectivity index (χ2n) is 13.8. The van der Waals surface area contributed by atoms with E-state index in [9.17, 15) is 32.7 Å². The summed E-state index contributed by atoms with van der Waals surface area (Å²) in [4.78, 5) is 48.1. The minimum atomic E-state index is -4.89. The van der Waals surface area contributed by atoms with E-state index in [4.69, 9.17) is 16.3 Å². The Kier molecular flexibility index (Phi) is 10.3. The van der Waals surface area contributed by atoms with Gasteiger partial charge in [0, 0.05) is 69.3 Å². The molecule has 3 saturated heterocycles. The maximum absolute atomic E-state index is 14.0. The Labute approximate surface area is 289 Å². The monoisotopic (exact) mass is 705 g/mol. The molecule has 2 aromatic carbocycles. The number of likely N-dealkylation sites (tertiary alicyclic amines) is 2. The van der Waals surface area contributed by atoms with Crippen molar-refractivity contribution in [3.05, 3.63) is 58.1 Å². The number of para-hydroxylation sites is 1. The Morgan fingerprint density at radius 2 is 1.73 bits per heavy atom. The molecule has 0 saturated carbocycles.